The van der Waals surface area contributed by atoms with Gasteiger partial charge in [0.2, 0.25) is 5.88 Å². The number of fused-ring (bicyclic) bond motifs is 1. The van der Waals surface area contributed by atoms with E-state index in [9.17, 15) is 15.2 Å². The molecule has 0 spiro atoms. The van der Waals surface area contributed by atoms with Gasteiger partial charge in [0.05, 0.1) is 36.5 Å². The van der Waals surface area contributed by atoms with Crippen LogP contribution in [0.1, 0.15) is 12.0 Å². The largest absolute Gasteiger partial charge is 0.472 e. The second-order valence-corrected chi connectivity index (χ2v) is 7.71. The molecule has 1 saturated heterocycles. The van der Waals surface area contributed by atoms with E-state index in [0.717, 1.165) is 16.5 Å². The van der Waals surface area contributed by atoms with E-state index < -0.39 is 11.6 Å². The molecule has 1 N–H and O–H groups in total. The Morgan fingerprint density at radius 3 is 2.75 bits per heavy atom. The molecule has 0 atom stereocenters. The summed E-state index contributed by atoms with van der Waals surface area (Å²) in [6.07, 6.45) is 0.824. The number of halogens is 1. The standard InChI is InChI=1S/C19H16IN5O3/c20-16-15-14(6-9-22-17(15)28-10-13-4-2-1-3-5-13)25(23-16)19(7-8-21)11-24(12-19)18(26)27/h1-6,9H,7,10-12H2,(H,26,27). The molecular weight excluding hydrogens is 473 g/mol. The third kappa shape index (κ3) is 3.13. The van der Waals surface area contributed by atoms with Crippen LogP contribution in [-0.4, -0.2) is 44.0 Å². The lowest BCUT2D eigenvalue weighted by molar-refractivity contribution is 0.0165. The van der Waals surface area contributed by atoms with Crippen LogP contribution in [0.5, 0.6) is 5.88 Å². The van der Waals surface area contributed by atoms with Crippen molar-refractivity contribution in [2.24, 2.45) is 0 Å². The van der Waals surface area contributed by atoms with Crippen LogP contribution in [0, 0.1) is 15.0 Å². The highest BCUT2D eigenvalue weighted by Crippen LogP contribution is 2.38. The summed E-state index contributed by atoms with van der Waals surface area (Å²) in [6.45, 7) is 0.834. The summed E-state index contributed by atoms with van der Waals surface area (Å²) in [5.74, 6) is 0.471. The Bertz CT molecular complexity index is 1070. The fourth-order valence-electron chi connectivity index (χ4n) is 3.46. The molecule has 1 amide bonds. The van der Waals surface area contributed by atoms with Crippen molar-refractivity contribution in [1.29, 1.82) is 5.26 Å². The number of nitrogens with zero attached hydrogens (tertiary/aromatic N) is 5. The SMILES string of the molecule is N#CCC1(n2nc(I)c3c(OCc4ccccc4)nccc32)CN(C(=O)O)C1. The van der Waals surface area contributed by atoms with Gasteiger partial charge in [-0.2, -0.15) is 10.4 Å². The normalized spacial score (nSPS) is 15.1. The number of carbonyl (C=O) groups is 1. The van der Waals surface area contributed by atoms with Crippen LogP contribution < -0.4 is 4.74 Å². The zero-order valence-corrected chi connectivity index (χ0v) is 16.9. The number of likely N-dealkylation sites (tertiary alicyclic amines) is 1. The summed E-state index contributed by atoms with van der Waals surface area (Å²) in [7, 11) is 0. The summed E-state index contributed by atoms with van der Waals surface area (Å²) in [4.78, 5) is 16.9. The first kappa shape index (κ1) is 18.5. The van der Waals surface area contributed by atoms with Gasteiger partial charge in [0, 0.05) is 6.20 Å². The smallest absolute Gasteiger partial charge is 0.407 e. The van der Waals surface area contributed by atoms with E-state index >= 15 is 0 Å². The summed E-state index contributed by atoms with van der Waals surface area (Å²) < 4.78 is 8.42. The maximum atomic E-state index is 11.2. The molecule has 28 heavy (non-hydrogen) atoms. The average Bonchev–Trinajstić information content (AvgIpc) is 3.01. The van der Waals surface area contributed by atoms with Crippen molar-refractivity contribution in [3.05, 3.63) is 51.9 Å². The summed E-state index contributed by atoms with van der Waals surface area (Å²) in [6, 6.07) is 13.8. The summed E-state index contributed by atoms with van der Waals surface area (Å²) in [5.41, 5.74) is 1.14. The molecule has 1 fully saturated rings. The number of pyridine rings is 1. The number of hydrogen-bond acceptors (Lipinski definition) is 5. The van der Waals surface area contributed by atoms with E-state index in [2.05, 4.69) is 38.7 Å². The highest BCUT2D eigenvalue weighted by Gasteiger charge is 2.48. The Morgan fingerprint density at radius 1 is 1.32 bits per heavy atom. The number of aromatic nitrogens is 3. The third-order valence-corrected chi connectivity index (χ3v) is 5.59. The molecule has 0 aliphatic carbocycles. The molecular formula is C19H16IN5O3. The summed E-state index contributed by atoms with van der Waals surface area (Å²) in [5, 5.41) is 23.9. The number of amides is 1. The van der Waals surface area contributed by atoms with Gasteiger partial charge in [0.15, 0.2) is 0 Å². The number of nitriles is 1. The number of hydrogen-bond donors (Lipinski definition) is 1. The molecule has 1 aliphatic rings. The Labute approximate surface area is 174 Å². The molecule has 0 unspecified atom stereocenters. The highest BCUT2D eigenvalue weighted by molar-refractivity contribution is 14.1. The van der Waals surface area contributed by atoms with Gasteiger partial charge >= 0.3 is 6.09 Å². The van der Waals surface area contributed by atoms with Gasteiger partial charge in [-0.25, -0.2) is 9.78 Å². The minimum absolute atomic E-state index is 0.173. The monoisotopic (exact) mass is 489 g/mol. The van der Waals surface area contributed by atoms with Crippen LogP contribution in [0.2, 0.25) is 0 Å². The molecule has 3 heterocycles. The molecule has 0 saturated carbocycles. The Morgan fingerprint density at radius 2 is 2.07 bits per heavy atom. The number of ether oxygens (including phenoxy) is 1. The lowest BCUT2D eigenvalue weighted by Crippen LogP contribution is -2.64. The van der Waals surface area contributed by atoms with Crippen molar-refractivity contribution in [2.45, 2.75) is 18.6 Å². The first-order chi connectivity index (χ1) is 13.5. The van der Waals surface area contributed by atoms with Crippen molar-refractivity contribution < 1.29 is 14.6 Å². The van der Waals surface area contributed by atoms with Crippen LogP contribution in [0.25, 0.3) is 10.9 Å². The van der Waals surface area contributed by atoms with Gasteiger partial charge in [0.25, 0.3) is 0 Å². The van der Waals surface area contributed by atoms with E-state index in [1.165, 1.54) is 4.90 Å². The minimum atomic E-state index is -0.992. The second-order valence-electron chi connectivity index (χ2n) is 6.68. The van der Waals surface area contributed by atoms with Gasteiger partial charge in [-0.05, 0) is 34.2 Å². The third-order valence-electron chi connectivity index (χ3n) is 4.83. The van der Waals surface area contributed by atoms with Crippen molar-refractivity contribution in [3.63, 3.8) is 0 Å². The lowest BCUT2D eigenvalue weighted by Gasteiger charge is -2.47. The van der Waals surface area contributed by atoms with E-state index in [1.807, 2.05) is 36.4 Å². The van der Waals surface area contributed by atoms with Crippen LogP contribution in [-0.2, 0) is 12.1 Å². The average molecular weight is 489 g/mol. The van der Waals surface area contributed by atoms with E-state index in [0.29, 0.717) is 16.2 Å². The van der Waals surface area contributed by atoms with Crippen molar-refractivity contribution in [2.75, 3.05) is 13.1 Å². The van der Waals surface area contributed by atoms with E-state index in [-0.39, 0.29) is 19.5 Å². The van der Waals surface area contributed by atoms with Gasteiger partial charge in [-0.3, -0.25) is 4.68 Å². The zero-order chi connectivity index (χ0) is 19.7. The number of carboxylic acid groups (broad SMARTS) is 1. The predicted octanol–water partition coefficient (Wildman–Crippen LogP) is 3.22. The fraction of sp³-hybridized carbons (Fsp3) is 0.263. The maximum Gasteiger partial charge on any atom is 0.407 e. The molecule has 8 nitrogen and oxygen atoms in total. The first-order valence-corrected chi connectivity index (χ1v) is 9.67. The molecule has 1 aromatic carbocycles. The van der Waals surface area contributed by atoms with Crippen molar-refractivity contribution in [3.8, 4) is 11.9 Å². The molecule has 142 valence electrons. The zero-order valence-electron chi connectivity index (χ0n) is 14.7. The van der Waals surface area contributed by atoms with Crippen molar-refractivity contribution >= 4 is 39.6 Å². The molecule has 0 radical (unpaired) electrons. The fourth-order valence-corrected chi connectivity index (χ4v) is 4.18. The first-order valence-electron chi connectivity index (χ1n) is 8.59. The van der Waals surface area contributed by atoms with Crippen molar-refractivity contribution in [1.82, 2.24) is 19.7 Å². The summed E-state index contributed by atoms with van der Waals surface area (Å²) >= 11 is 2.12. The maximum absolute atomic E-state index is 11.2. The lowest BCUT2D eigenvalue weighted by atomic mass is 9.87. The quantitative estimate of drug-likeness (QED) is 0.552. The number of benzene rings is 1. The Hall–Kier alpha value is -2.87. The van der Waals surface area contributed by atoms with Crippen LogP contribution >= 0.6 is 22.6 Å². The Kier molecular flexibility index (Phi) is 4.80. The predicted molar refractivity (Wildman–Crippen MR) is 109 cm³/mol. The van der Waals surface area contributed by atoms with Gasteiger partial charge in [0.1, 0.15) is 15.8 Å². The van der Waals surface area contributed by atoms with Gasteiger partial charge in [-0.1, -0.05) is 30.3 Å². The number of rotatable bonds is 5. The topological polar surface area (TPSA) is 104 Å². The molecule has 4 rings (SSSR count). The van der Waals surface area contributed by atoms with E-state index in [4.69, 9.17) is 4.74 Å². The van der Waals surface area contributed by atoms with Crippen LogP contribution in [0.4, 0.5) is 4.79 Å². The Balaban J connectivity index is 1.70. The molecule has 3 aromatic rings. The second kappa shape index (κ2) is 7.27. The van der Waals surface area contributed by atoms with Gasteiger partial charge in [-0.15, -0.1) is 0 Å². The molecule has 0 bridgehead atoms. The highest BCUT2D eigenvalue weighted by atomic mass is 127. The molecule has 1 aliphatic heterocycles. The van der Waals surface area contributed by atoms with Crippen LogP contribution in [0.15, 0.2) is 42.6 Å². The molecule has 2 aromatic heterocycles. The van der Waals surface area contributed by atoms with Crippen LogP contribution in [0.3, 0.4) is 0 Å². The van der Waals surface area contributed by atoms with Gasteiger partial charge < -0.3 is 14.7 Å². The molecule has 9 heteroatoms. The minimum Gasteiger partial charge on any atom is -0.472 e. The van der Waals surface area contributed by atoms with E-state index in [1.54, 1.807) is 10.9 Å².